The molecule has 0 aliphatic carbocycles. The van der Waals surface area contributed by atoms with Gasteiger partial charge >= 0.3 is 0 Å². The zero-order valence-corrected chi connectivity index (χ0v) is 18.1. The second-order valence-corrected chi connectivity index (χ2v) is 7.01. The Morgan fingerprint density at radius 1 is 1.14 bits per heavy atom. The number of amides is 1. The smallest absolute Gasteiger partial charge is 0.220 e. The summed E-state index contributed by atoms with van der Waals surface area (Å²) < 4.78 is 10.4. The summed E-state index contributed by atoms with van der Waals surface area (Å²) in [5.41, 5.74) is 0.529. The second kappa shape index (κ2) is 11.9. The number of Topliss-reactive ketones (excluding diaryl/α,β-unsaturated/α-hetero) is 1. The molecule has 0 bridgehead atoms. The van der Waals surface area contributed by atoms with Crippen molar-refractivity contribution in [3.05, 3.63) is 23.8 Å². The Bertz CT molecular complexity index is 649. The molecule has 28 heavy (non-hydrogen) atoms. The topological polar surface area (TPSA) is 67.9 Å². The van der Waals surface area contributed by atoms with E-state index in [1.165, 1.54) is 7.11 Å². The number of carbonyl (C=O) groups excluding carboxylic acids is 2. The average molecular weight is 413 g/mol. The van der Waals surface area contributed by atoms with Gasteiger partial charge in [0, 0.05) is 43.6 Å². The van der Waals surface area contributed by atoms with E-state index in [0.717, 1.165) is 32.4 Å². The van der Waals surface area contributed by atoms with E-state index in [1.807, 2.05) is 0 Å². The molecule has 1 atom stereocenters. The molecule has 7 heteroatoms. The van der Waals surface area contributed by atoms with Crippen LogP contribution in [0.2, 0.25) is 0 Å². The standard InChI is InChI=1S/C21H32N2O4.ClH/c1-5-17(6-2)23-12-11-16(14-23)22-21(25)10-8-18(24)15-7-9-19(26-3)20(13-15)27-4;/h7,9,13,16-17H,5-6,8,10-12,14H2,1-4H3,(H,22,25);1H. The first-order chi connectivity index (χ1) is 13.0. The van der Waals surface area contributed by atoms with Gasteiger partial charge in [-0.1, -0.05) is 13.8 Å². The number of likely N-dealkylation sites (tertiary alicyclic amines) is 1. The molecule has 1 saturated heterocycles. The summed E-state index contributed by atoms with van der Waals surface area (Å²) in [6.45, 7) is 6.35. The number of nitrogens with zero attached hydrogens (tertiary/aromatic N) is 1. The van der Waals surface area contributed by atoms with E-state index in [2.05, 4.69) is 24.1 Å². The van der Waals surface area contributed by atoms with E-state index in [1.54, 1.807) is 25.3 Å². The molecule has 1 aromatic carbocycles. The van der Waals surface area contributed by atoms with Crippen LogP contribution in [0.3, 0.4) is 0 Å². The number of hydrogen-bond donors (Lipinski definition) is 1. The van der Waals surface area contributed by atoms with Crippen molar-refractivity contribution >= 4 is 24.1 Å². The molecule has 1 heterocycles. The molecular formula is C21H33ClN2O4. The minimum Gasteiger partial charge on any atom is -0.493 e. The number of rotatable bonds is 10. The molecule has 1 aromatic rings. The largest absolute Gasteiger partial charge is 0.493 e. The van der Waals surface area contributed by atoms with E-state index < -0.39 is 0 Å². The van der Waals surface area contributed by atoms with E-state index in [-0.39, 0.29) is 43.0 Å². The van der Waals surface area contributed by atoms with Crippen molar-refractivity contribution in [2.45, 2.75) is 58.0 Å². The highest BCUT2D eigenvalue weighted by Crippen LogP contribution is 2.28. The van der Waals surface area contributed by atoms with Crippen LogP contribution < -0.4 is 14.8 Å². The Morgan fingerprint density at radius 2 is 1.82 bits per heavy atom. The van der Waals surface area contributed by atoms with Gasteiger partial charge in [-0.3, -0.25) is 14.5 Å². The number of halogens is 1. The molecule has 1 aliphatic heterocycles. The summed E-state index contributed by atoms with van der Waals surface area (Å²) in [4.78, 5) is 27.1. The molecule has 0 spiro atoms. The fraction of sp³-hybridized carbons (Fsp3) is 0.619. The first-order valence-corrected chi connectivity index (χ1v) is 9.80. The summed E-state index contributed by atoms with van der Waals surface area (Å²) in [5.74, 6) is 0.965. The van der Waals surface area contributed by atoms with E-state index >= 15 is 0 Å². The maximum atomic E-state index is 12.4. The van der Waals surface area contributed by atoms with Gasteiger partial charge in [-0.05, 0) is 37.5 Å². The fourth-order valence-corrected chi connectivity index (χ4v) is 3.72. The van der Waals surface area contributed by atoms with Gasteiger partial charge in [0.25, 0.3) is 0 Å². The number of hydrogen-bond acceptors (Lipinski definition) is 5. The number of ketones is 1. The number of methoxy groups -OCH3 is 2. The highest BCUT2D eigenvalue weighted by atomic mass is 35.5. The zero-order valence-electron chi connectivity index (χ0n) is 17.3. The molecule has 2 rings (SSSR count). The van der Waals surface area contributed by atoms with E-state index in [4.69, 9.17) is 9.47 Å². The van der Waals surface area contributed by atoms with E-state index in [0.29, 0.717) is 23.1 Å². The van der Waals surface area contributed by atoms with Gasteiger partial charge in [0.05, 0.1) is 14.2 Å². The van der Waals surface area contributed by atoms with Crippen molar-refractivity contribution in [1.82, 2.24) is 10.2 Å². The predicted octanol–water partition coefficient (Wildman–Crippen LogP) is 3.47. The molecule has 1 amide bonds. The first kappa shape index (κ1) is 24.2. The van der Waals surface area contributed by atoms with Crippen molar-refractivity contribution in [2.75, 3.05) is 27.3 Å². The van der Waals surface area contributed by atoms with Crippen molar-refractivity contribution in [3.8, 4) is 11.5 Å². The molecule has 158 valence electrons. The number of carbonyl (C=O) groups is 2. The van der Waals surface area contributed by atoms with Crippen molar-refractivity contribution < 1.29 is 19.1 Å². The highest BCUT2D eigenvalue weighted by Gasteiger charge is 2.27. The normalized spacial score (nSPS) is 16.5. The van der Waals surface area contributed by atoms with Gasteiger partial charge in [0.15, 0.2) is 17.3 Å². The number of ether oxygens (including phenoxy) is 2. The molecule has 0 radical (unpaired) electrons. The predicted molar refractivity (Wildman–Crippen MR) is 113 cm³/mol. The lowest BCUT2D eigenvalue weighted by atomic mass is 10.1. The molecule has 1 N–H and O–H groups in total. The van der Waals surface area contributed by atoms with Gasteiger partial charge < -0.3 is 14.8 Å². The molecule has 1 aliphatic rings. The van der Waals surface area contributed by atoms with Crippen molar-refractivity contribution in [1.29, 1.82) is 0 Å². The second-order valence-electron chi connectivity index (χ2n) is 7.01. The van der Waals surface area contributed by atoms with Crippen LogP contribution in [0.1, 0.15) is 56.3 Å². The van der Waals surface area contributed by atoms with Gasteiger partial charge in [-0.25, -0.2) is 0 Å². The lowest BCUT2D eigenvalue weighted by molar-refractivity contribution is -0.121. The van der Waals surface area contributed by atoms with Crippen LogP contribution in [0.5, 0.6) is 11.5 Å². The van der Waals surface area contributed by atoms with Gasteiger partial charge in [0.1, 0.15) is 0 Å². The van der Waals surface area contributed by atoms with Crippen LogP contribution in [-0.4, -0.2) is 56.0 Å². The molecule has 1 fully saturated rings. The highest BCUT2D eigenvalue weighted by molar-refractivity contribution is 5.98. The minimum atomic E-state index is -0.0730. The van der Waals surface area contributed by atoms with Crippen molar-refractivity contribution in [2.24, 2.45) is 0 Å². The third-order valence-corrected chi connectivity index (χ3v) is 5.33. The lowest BCUT2D eigenvalue weighted by Crippen LogP contribution is -2.39. The summed E-state index contributed by atoms with van der Waals surface area (Å²) >= 11 is 0. The summed E-state index contributed by atoms with van der Waals surface area (Å²) in [6.07, 6.45) is 3.64. The maximum absolute atomic E-state index is 12.4. The zero-order chi connectivity index (χ0) is 19.8. The maximum Gasteiger partial charge on any atom is 0.220 e. The van der Waals surface area contributed by atoms with Gasteiger partial charge in [-0.15, -0.1) is 12.4 Å². The Balaban J connectivity index is 0.00000392. The van der Waals surface area contributed by atoms with Crippen LogP contribution in [0, 0.1) is 0 Å². The minimum absolute atomic E-state index is 0. The molecule has 6 nitrogen and oxygen atoms in total. The SMILES string of the molecule is CCC(CC)N1CCC(NC(=O)CCC(=O)c2ccc(OC)c(OC)c2)C1.Cl. The van der Waals surface area contributed by atoms with Crippen molar-refractivity contribution in [3.63, 3.8) is 0 Å². The quantitative estimate of drug-likeness (QED) is 0.596. The van der Waals surface area contributed by atoms with Crippen LogP contribution in [0.25, 0.3) is 0 Å². The number of nitrogens with one attached hydrogen (secondary N) is 1. The summed E-state index contributed by atoms with van der Waals surface area (Å²) in [5, 5.41) is 3.08. The summed E-state index contributed by atoms with van der Waals surface area (Å²) in [7, 11) is 3.09. The summed E-state index contributed by atoms with van der Waals surface area (Å²) in [6, 6.07) is 5.85. The Hall–Kier alpha value is -1.79. The lowest BCUT2D eigenvalue weighted by Gasteiger charge is -2.25. The fourth-order valence-electron chi connectivity index (χ4n) is 3.72. The van der Waals surface area contributed by atoms with Crippen LogP contribution in [0.15, 0.2) is 18.2 Å². The Morgan fingerprint density at radius 3 is 2.43 bits per heavy atom. The van der Waals surface area contributed by atoms with Crippen LogP contribution >= 0.6 is 12.4 Å². The molecule has 1 unspecified atom stereocenters. The monoisotopic (exact) mass is 412 g/mol. The molecule has 0 saturated carbocycles. The van der Waals surface area contributed by atoms with Gasteiger partial charge in [-0.2, -0.15) is 0 Å². The third kappa shape index (κ3) is 6.38. The third-order valence-electron chi connectivity index (χ3n) is 5.33. The van der Waals surface area contributed by atoms with E-state index in [9.17, 15) is 9.59 Å². The number of benzene rings is 1. The van der Waals surface area contributed by atoms with Crippen LogP contribution in [0.4, 0.5) is 0 Å². The van der Waals surface area contributed by atoms with Crippen LogP contribution in [-0.2, 0) is 4.79 Å². The molecule has 0 aromatic heterocycles. The average Bonchev–Trinajstić information content (AvgIpc) is 3.14. The molecular weight excluding hydrogens is 380 g/mol. The Kier molecular flexibility index (Phi) is 10.3. The van der Waals surface area contributed by atoms with Gasteiger partial charge in [0.2, 0.25) is 5.91 Å². The Labute approximate surface area is 174 Å². The first-order valence-electron chi connectivity index (χ1n) is 9.80.